The van der Waals surface area contributed by atoms with Crippen molar-refractivity contribution in [1.82, 2.24) is 5.16 Å². The van der Waals surface area contributed by atoms with Gasteiger partial charge >= 0.3 is 5.97 Å². The maximum Gasteiger partial charge on any atom is 0.331 e. The maximum absolute atomic E-state index is 13.8. The summed E-state index contributed by atoms with van der Waals surface area (Å²) < 4.78 is 52.8. The molecule has 0 unspecified atom stereocenters. The van der Waals surface area contributed by atoms with Crippen LogP contribution in [0.15, 0.2) is 47.0 Å². The summed E-state index contributed by atoms with van der Waals surface area (Å²) in [6.45, 7) is -0.190. The second-order valence-corrected chi connectivity index (χ2v) is 6.21. The van der Waals surface area contributed by atoms with Crippen molar-refractivity contribution in [2.75, 3.05) is 21.3 Å². The van der Waals surface area contributed by atoms with Gasteiger partial charge in [0.05, 0.1) is 26.9 Å². The molecule has 0 amide bonds. The molecular formula is C22H19F2NO6. The number of aromatic nitrogens is 1. The van der Waals surface area contributed by atoms with Gasteiger partial charge in [0.25, 0.3) is 0 Å². The highest BCUT2D eigenvalue weighted by atomic mass is 19.1. The van der Waals surface area contributed by atoms with Crippen LogP contribution in [0.1, 0.15) is 11.3 Å². The van der Waals surface area contributed by atoms with Crippen molar-refractivity contribution in [3.63, 3.8) is 0 Å². The molecule has 1 heterocycles. The zero-order valence-electron chi connectivity index (χ0n) is 17.0. The summed E-state index contributed by atoms with van der Waals surface area (Å²) in [5.74, 6) is -0.704. The minimum atomic E-state index is -0.784. The number of halogens is 2. The predicted octanol–water partition coefficient (Wildman–Crippen LogP) is 4.40. The Kier molecular flexibility index (Phi) is 6.86. The molecule has 0 aliphatic carbocycles. The van der Waals surface area contributed by atoms with E-state index in [1.54, 1.807) is 12.1 Å². The van der Waals surface area contributed by atoms with E-state index in [0.29, 0.717) is 22.8 Å². The number of ether oxygens (including phenoxy) is 4. The number of hydrogen-bond donors (Lipinski definition) is 0. The van der Waals surface area contributed by atoms with Crippen molar-refractivity contribution in [2.24, 2.45) is 0 Å². The third kappa shape index (κ3) is 5.19. The Morgan fingerprint density at radius 3 is 2.35 bits per heavy atom. The fourth-order valence-corrected chi connectivity index (χ4v) is 2.75. The fourth-order valence-electron chi connectivity index (χ4n) is 2.75. The first kappa shape index (κ1) is 21.8. The normalized spacial score (nSPS) is 10.9. The molecule has 0 aliphatic heterocycles. The first-order valence-corrected chi connectivity index (χ1v) is 9.01. The van der Waals surface area contributed by atoms with Crippen LogP contribution in [0.2, 0.25) is 0 Å². The van der Waals surface area contributed by atoms with Crippen molar-refractivity contribution >= 4 is 12.0 Å². The van der Waals surface area contributed by atoms with E-state index >= 15 is 0 Å². The smallest absolute Gasteiger partial charge is 0.331 e. The summed E-state index contributed by atoms with van der Waals surface area (Å²) in [5, 5.41) is 3.73. The number of benzene rings is 2. The zero-order valence-corrected chi connectivity index (χ0v) is 17.0. The highest BCUT2D eigenvalue weighted by Crippen LogP contribution is 2.38. The summed E-state index contributed by atoms with van der Waals surface area (Å²) in [6, 6.07) is 7.84. The van der Waals surface area contributed by atoms with Crippen LogP contribution in [0.25, 0.3) is 17.4 Å². The molecule has 3 aromatic rings. The number of hydrogen-bond acceptors (Lipinski definition) is 7. The van der Waals surface area contributed by atoms with Crippen LogP contribution in [0, 0.1) is 11.6 Å². The van der Waals surface area contributed by atoms with Gasteiger partial charge in [0, 0.05) is 18.2 Å². The average molecular weight is 431 g/mol. The molecule has 0 radical (unpaired) electrons. The number of nitrogens with zero attached hydrogens (tertiary/aromatic N) is 1. The van der Waals surface area contributed by atoms with E-state index in [2.05, 4.69) is 5.16 Å². The lowest BCUT2D eigenvalue weighted by Gasteiger charge is -2.12. The van der Waals surface area contributed by atoms with Crippen LogP contribution >= 0.6 is 0 Å². The van der Waals surface area contributed by atoms with Crippen molar-refractivity contribution in [3.05, 3.63) is 65.4 Å². The Hall–Kier alpha value is -3.88. The third-order valence-electron chi connectivity index (χ3n) is 4.22. The Bertz CT molecular complexity index is 1080. The van der Waals surface area contributed by atoms with Crippen LogP contribution in [0.4, 0.5) is 8.78 Å². The average Bonchev–Trinajstić information content (AvgIpc) is 3.24. The number of esters is 1. The molecule has 0 spiro atoms. The van der Waals surface area contributed by atoms with Gasteiger partial charge in [-0.15, -0.1) is 0 Å². The first-order chi connectivity index (χ1) is 14.9. The van der Waals surface area contributed by atoms with Gasteiger partial charge in [0.15, 0.2) is 17.3 Å². The molecule has 0 aliphatic rings. The molecule has 0 saturated carbocycles. The third-order valence-corrected chi connectivity index (χ3v) is 4.22. The standard InChI is InChI=1S/C22H19F2NO6/c1-27-19-8-13(9-20(28-2)22(19)29-3)4-7-21(26)30-12-15-11-18(31-25-15)16-6-5-14(23)10-17(16)24/h4-11H,12H2,1-3H3. The van der Waals surface area contributed by atoms with Crippen molar-refractivity contribution < 1.29 is 37.0 Å². The van der Waals surface area contributed by atoms with Crippen LogP contribution in [-0.2, 0) is 16.1 Å². The van der Waals surface area contributed by atoms with E-state index < -0.39 is 17.6 Å². The van der Waals surface area contributed by atoms with E-state index in [1.807, 2.05) is 0 Å². The molecule has 9 heteroatoms. The zero-order chi connectivity index (χ0) is 22.4. The van der Waals surface area contributed by atoms with Crippen molar-refractivity contribution in [3.8, 4) is 28.6 Å². The molecule has 162 valence electrons. The Morgan fingerprint density at radius 2 is 1.74 bits per heavy atom. The minimum Gasteiger partial charge on any atom is -0.493 e. The minimum absolute atomic E-state index is 0.0498. The van der Waals surface area contributed by atoms with Crippen LogP contribution < -0.4 is 14.2 Å². The Balaban J connectivity index is 1.64. The molecule has 0 bridgehead atoms. The Morgan fingerprint density at radius 1 is 1.03 bits per heavy atom. The molecule has 0 fully saturated rings. The van der Waals surface area contributed by atoms with Crippen LogP contribution in [-0.4, -0.2) is 32.5 Å². The summed E-state index contributed by atoms with van der Waals surface area (Å²) in [4.78, 5) is 12.0. The monoisotopic (exact) mass is 431 g/mol. The number of rotatable bonds is 8. The van der Waals surface area contributed by atoms with E-state index in [4.69, 9.17) is 23.5 Å². The summed E-state index contributed by atoms with van der Waals surface area (Å²) in [5.41, 5.74) is 0.948. The second-order valence-electron chi connectivity index (χ2n) is 6.21. The highest BCUT2D eigenvalue weighted by molar-refractivity contribution is 5.87. The quantitative estimate of drug-likeness (QED) is 0.386. The molecular weight excluding hydrogens is 412 g/mol. The van der Waals surface area contributed by atoms with Crippen LogP contribution in [0.3, 0.4) is 0 Å². The van der Waals surface area contributed by atoms with Crippen molar-refractivity contribution in [1.29, 1.82) is 0 Å². The van der Waals surface area contributed by atoms with E-state index in [1.165, 1.54) is 45.6 Å². The van der Waals surface area contributed by atoms with Crippen molar-refractivity contribution in [2.45, 2.75) is 6.61 Å². The van der Waals surface area contributed by atoms with Gasteiger partial charge < -0.3 is 23.5 Å². The van der Waals surface area contributed by atoms with E-state index in [-0.39, 0.29) is 23.6 Å². The summed E-state index contributed by atoms with van der Waals surface area (Å²) in [7, 11) is 4.47. The molecule has 2 aromatic carbocycles. The molecule has 7 nitrogen and oxygen atoms in total. The SMILES string of the molecule is COc1cc(C=CC(=O)OCc2cc(-c3ccc(F)cc3F)on2)cc(OC)c1OC. The Labute approximate surface area is 176 Å². The van der Waals surface area contributed by atoms with Gasteiger partial charge in [-0.3, -0.25) is 0 Å². The molecule has 0 atom stereocenters. The number of carbonyl (C=O) groups is 1. The largest absolute Gasteiger partial charge is 0.493 e. The lowest BCUT2D eigenvalue weighted by molar-refractivity contribution is -0.139. The number of carbonyl (C=O) groups excluding carboxylic acids is 1. The molecule has 0 saturated heterocycles. The summed E-state index contributed by atoms with van der Waals surface area (Å²) >= 11 is 0. The van der Waals surface area contributed by atoms with E-state index in [9.17, 15) is 13.6 Å². The lowest BCUT2D eigenvalue weighted by Crippen LogP contribution is -2.01. The van der Waals surface area contributed by atoms with E-state index in [0.717, 1.165) is 12.1 Å². The summed E-state index contributed by atoms with van der Waals surface area (Å²) in [6.07, 6.45) is 2.75. The molecule has 0 N–H and O–H groups in total. The lowest BCUT2D eigenvalue weighted by atomic mass is 10.1. The van der Waals surface area contributed by atoms with Gasteiger partial charge in [-0.1, -0.05) is 5.16 Å². The molecule has 31 heavy (non-hydrogen) atoms. The second kappa shape index (κ2) is 9.75. The van der Waals surface area contributed by atoms with Gasteiger partial charge in [0.2, 0.25) is 5.75 Å². The topological polar surface area (TPSA) is 80.0 Å². The molecule has 3 rings (SSSR count). The van der Waals surface area contributed by atoms with Gasteiger partial charge in [-0.2, -0.15) is 0 Å². The first-order valence-electron chi connectivity index (χ1n) is 9.01. The number of methoxy groups -OCH3 is 3. The predicted molar refractivity (Wildman–Crippen MR) is 107 cm³/mol. The highest BCUT2D eigenvalue weighted by Gasteiger charge is 2.14. The van der Waals surface area contributed by atoms with Gasteiger partial charge in [-0.05, 0) is 35.9 Å². The fraction of sp³-hybridized carbons (Fsp3) is 0.182. The molecule has 1 aromatic heterocycles. The van der Waals surface area contributed by atoms with Crippen LogP contribution in [0.5, 0.6) is 17.2 Å². The van der Waals surface area contributed by atoms with Gasteiger partial charge in [0.1, 0.15) is 23.9 Å². The van der Waals surface area contributed by atoms with Gasteiger partial charge in [-0.25, -0.2) is 13.6 Å². The maximum atomic E-state index is 13.8.